The summed E-state index contributed by atoms with van der Waals surface area (Å²) < 4.78 is 6.05. The van der Waals surface area contributed by atoms with Gasteiger partial charge < -0.3 is 15.2 Å². The van der Waals surface area contributed by atoms with E-state index in [-0.39, 0.29) is 13.0 Å². The largest absolute Gasteiger partial charge is 0.480 e. The van der Waals surface area contributed by atoms with Crippen molar-refractivity contribution in [3.8, 4) is 0 Å². The second kappa shape index (κ2) is 7.76. The van der Waals surface area contributed by atoms with Crippen LogP contribution >= 0.6 is 11.3 Å². The fraction of sp³-hybridized carbons (Fsp3) is 0.167. The van der Waals surface area contributed by atoms with Gasteiger partial charge in [0.05, 0.1) is 15.2 Å². The Balaban J connectivity index is 1.60. The number of rotatable bonds is 6. The van der Waals surface area contributed by atoms with Gasteiger partial charge in [0.15, 0.2) is 0 Å². The molecule has 0 saturated carbocycles. The van der Waals surface area contributed by atoms with Crippen LogP contribution in [-0.2, 0) is 22.6 Å². The monoisotopic (exact) mass is 356 g/mol. The molecule has 0 bridgehead atoms. The van der Waals surface area contributed by atoms with Crippen molar-refractivity contribution in [3.63, 3.8) is 0 Å². The number of aliphatic carboxylic acids is 1. The number of aromatic nitrogens is 1. The molecule has 2 N–H and O–H groups in total. The van der Waals surface area contributed by atoms with Crippen molar-refractivity contribution in [2.24, 2.45) is 0 Å². The van der Waals surface area contributed by atoms with Crippen molar-refractivity contribution < 1.29 is 19.4 Å². The Morgan fingerprint density at radius 1 is 1.12 bits per heavy atom. The quantitative estimate of drug-likeness (QED) is 0.708. The van der Waals surface area contributed by atoms with Gasteiger partial charge in [0.25, 0.3) is 0 Å². The first kappa shape index (κ1) is 16.9. The highest BCUT2D eigenvalue weighted by atomic mass is 32.1. The number of carbonyl (C=O) groups is 2. The maximum absolute atomic E-state index is 11.9. The smallest absolute Gasteiger partial charge is 0.408 e. The lowest BCUT2D eigenvalue weighted by atomic mass is 10.2. The van der Waals surface area contributed by atoms with Gasteiger partial charge in [0.2, 0.25) is 0 Å². The summed E-state index contributed by atoms with van der Waals surface area (Å²) in [7, 11) is 0. The maximum Gasteiger partial charge on any atom is 0.408 e. The van der Waals surface area contributed by atoms with Crippen LogP contribution in [0.4, 0.5) is 4.79 Å². The molecule has 3 rings (SSSR count). The number of para-hydroxylation sites is 1. The van der Waals surface area contributed by atoms with Gasteiger partial charge in [-0.05, 0) is 17.7 Å². The van der Waals surface area contributed by atoms with E-state index in [1.807, 2.05) is 54.6 Å². The number of fused-ring (bicyclic) bond motifs is 1. The molecule has 0 aliphatic rings. The Morgan fingerprint density at radius 3 is 2.56 bits per heavy atom. The predicted molar refractivity (Wildman–Crippen MR) is 94.5 cm³/mol. The third kappa shape index (κ3) is 4.54. The van der Waals surface area contributed by atoms with Gasteiger partial charge in [-0.15, -0.1) is 11.3 Å². The second-order valence-corrected chi connectivity index (χ2v) is 6.49. The number of carboxylic acid groups (broad SMARTS) is 1. The molecule has 0 radical (unpaired) electrons. The SMILES string of the molecule is O=C(N[C@@H](Cc1nc2ccccc2s1)C(=O)O)OCc1ccccc1. The van der Waals surface area contributed by atoms with Crippen molar-refractivity contribution in [1.82, 2.24) is 10.3 Å². The number of carboxylic acids is 1. The number of hydrogen-bond donors (Lipinski definition) is 2. The van der Waals surface area contributed by atoms with Crippen LogP contribution in [0.3, 0.4) is 0 Å². The van der Waals surface area contributed by atoms with Crippen LogP contribution in [0, 0.1) is 0 Å². The fourth-order valence-corrected chi connectivity index (χ4v) is 3.30. The molecule has 2 aromatic carbocycles. The number of nitrogens with one attached hydrogen (secondary N) is 1. The molecule has 0 aliphatic carbocycles. The standard InChI is InChI=1S/C18H16N2O4S/c21-17(22)14(10-16-19-13-8-4-5-9-15(13)25-16)20-18(23)24-11-12-6-2-1-3-7-12/h1-9,14H,10-11H2,(H,20,23)(H,21,22)/t14-/m0/s1. The molecular formula is C18H16N2O4S. The summed E-state index contributed by atoms with van der Waals surface area (Å²) in [6, 6.07) is 15.7. The predicted octanol–water partition coefficient (Wildman–Crippen LogP) is 3.22. The minimum Gasteiger partial charge on any atom is -0.480 e. The number of thiazole rings is 1. The molecule has 25 heavy (non-hydrogen) atoms. The number of alkyl carbamates (subject to hydrolysis) is 1. The zero-order chi connectivity index (χ0) is 17.6. The number of amides is 1. The molecule has 0 spiro atoms. The summed E-state index contributed by atoms with van der Waals surface area (Å²) in [6.07, 6.45) is -0.660. The molecule has 0 aliphatic heterocycles. The molecule has 128 valence electrons. The van der Waals surface area contributed by atoms with Gasteiger partial charge in [0.1, 0.15) is 12.6 Å². The molecule has 0 saturated heterocycles. The number of hydrogen-bond acceptors (Lipinski definition) is 5. The van der Waals surface area contributed by atoms with Crippen molar-refractivity contribution in [3.05, 3.63) is 65.2 Å². The first-order valence-electron chi connectivity index (χ1n) is 7.66. The Labute approximate surface area is 148 Å². The minimum absolute atomic E-state index is 0.0835. The number of carbonyl (C=O) groups excluding carboxylic acids is 1. The first-order chi connectivity index (χ1) is 12.1. The van der Waals surface area contributed by atoms with Gasteiger partial charge >= 0.3 is 12.1 Å². The second-order valence-electron chi connectivity index (χ2n) is 5.38. The lowest BCUT2D eigenvalue weighted by Gasteiger charge is -2.13. The third-order valence-electron chi connectivity index (χ3n) is 3.52. The molecular weight excluding hydrogens is 340 g/mol. The van der Waals surface area contributed by atoms with Gasteiger partial charge in [-0.2, -0.15) is 0 Å². The Kier molecular flexibility index (Phi) is 5.25. The van der Waals surface area contributed by atoms with Gasteiger partial charge in [-0.3, -0.25) is 0 Å². The summed E-state index contributed by atoms with van der Waals surface area (Å²) in [6.45, 7) is 0.0835. The lowest BCUT2D eigenvalue weighted by molar-refractivity contribution is -0.139. The van der Waals surface area contributed by atoms with E-state index < -0.39 is 18.1 Å². The lowest BCUT2D eigenvalue weighted by Crippen LogP contribution is -2.42. The van der Waals surface area contributed by atoms with E-state index in [9.17, 15) is 14.7 Å². The molecule has 1 heterocycles. The van der Waals surface area contributed by atoms with E-state index in [4.69, 9.17) is 4.74 Å². The summed E-state index contributed by atoms with van der Waals surface area (Å²) in [5, 5.41) is 12.4. The number of benzene rings is 2. The highest BCUT2D eigenvalue weighted by molar-refractivity contribution is 7.18. The van der Waals surface area contributed by atoms with Gasteiger partial charge in [0, 0.05) is 6.42 Å². The Morgan fingerprint density at radius 2 is 1.84 bits per heavy atom. The zero-order valence-electron chi connectivity index (χ0n) is 13.2. The summed E-state index contributed by atoms with van der Waals surface area (Å²) in [5.41, 5.74) is 1.65. The Bertz CT molecular complexity index is 846. The molecule has 3 aromatic rings. The van der Waals surface area contributed by atoms with Crippen LogP contribution in [0.25, 0.3) is 10.2 Å². The molecule has 1 atom stereocenters. The van der Waals surface area contributed by atoms with E-state index in [1.54, 1.807) is 0 Å². The molecule has 6 nitrogen and oxygen atoms in total. The average Bonchev–Trinajstić information content (AvgIpc) is 3.02. The van der Waals surface area contributed by atoms with Crippen molar-refractivity contribution in [2.45, 2.75) is 19.1 Å². The third-order valence-corrected chi connectivity index (χ3v) is 4.58. The van der Waals surface area contributed by atoms with Crippen LogP contribution in [0.1, 0.15) is 10.6 Å². The molecule has 0 fully saturated rings. The first-order valence-corrected chi connectivity index (χ1v) is 8.48. The fourth-order valence-electron chi connectivity index (χ4n) is 2.29. The van der Waals surface area contributed by atoms with Crippen LogP contribution in [0.5, 0.6) is 0 Å². The van der Waals surface area contributed by atoms with Crippen molar-refractivity contribution >= 4 is 33.6 Å². The van der Waals surface area contributed by atoms with E-state index >= 15 is 0 Å². The molecule has 1 amide bonds. The summed E-state index contributed by atoms with van der Waals surface area (Å²) in [4.78, 5) is 27.7. The summed E-state index contributed by atoms with van der Waals surface area (Å²) >= 11 is 1.41. The van der Waals surface area contributed by atoms with E-state index in [1.165, 1.54) is 11.3 Å². The maximum atomic E-state index is 11.9. The van der Waals surface area contributed by atoms with Crippen molar-refractivity contribution in [2.75, 3.05) is 0 Å². The van der Waals surface area contributed by atoms with Gasteiger partial charge in [-0.25, -0.2) is 14.6 Å². The topological polar surface area (TPSA) is 88.5 Å². The minimum atomic E-state index is -1.13. The van der Waals surface area contributed by atoms with Crippen LogP contribution < -0.4 is 5.32 Å². The summed E-state index contributed by atoms with van der Waals surface area (Å²) in [5.74, 6) is -1.13. The van der Waals surface area contributed by atoms with Crippen LogP contribution in [0.15, 0.2) is 54.6 Å². The Hall–Kier alpha value is -2.93. The van der Waals surface area contributed by atoms with Crippen LogP contribution in [0.2, 0.25) is 0 Å². The van der Waals surface area contributed by atoms with E-state index in [0.717, 1.165) is 15.8 Å². The van der Waals surface area contributed by atoms with Crippen LogP contribution in [-0.4, -0.2) is 28.2 Å². The molecule has 0 unspecified atom stereocenters. The highest BCUT2D eigenvalue weighted by Gasteiger charge is 2.23. The number of ether oxygens (including phenoxy) is 1. The van der Waals surface area contributed by atoms with Crippen molar-refractivity contribution in [1.29, 1.82) is 0 Å². The number of nitrogens with zero attached hydrogens (tertiary/aromatic N) is 1. The van der Waals surface area contributed by atoms with Gasteiger partial charge in [-0.1, -0.05) is 42.5 Å². The van der Waals surface area contributed by atoms with E-state index in [2.05, 4.69) is 10.3 Å². The van der Waals surface area contributed by atoms with E-state index in [0.29, 0.717) is 5.01 Å². The molecule has 7 heteroatoms. The average molecular weight is 356 g/mol. The molecule has 1 aromatic heterocycles. The normalized spacial score (nSPS) is 11.8. The zero-order valence-corrected chi connectivity index (χ0v) is 14.0. The highest BCUT2D eigenvalue weighted by Crippen LogP contribution is 2.22.